The molecule has 0 saturated heterocycles. The Morgan fingerprint density at radius 3 is 2.43 bits per heavy atom. The quantitative estimate of drug-likeness (QED) is 0.869. The highest BCUT2D eigenvalue weighted by Gasteiger charge is 2.40. The van der Waals surface area contributed by atoms with E-state index in [0.717, 1.165) is 24.9 Å². The van der Waals surface area contributed by atoms with Crippen LogP contribution in [0.3, 0.4) is 0 Å². The zero-order chi connectivity index (χ0) is 16.3. The lowest BCUT2D eigenvalue weighted by Crippen LogP contribution is -2.48. The largest absolute Gasteiger partial charge is 0.366 e. The van der Waals surface area contributed by atoms with Gasteiger partial charge in [0, 0.05) is 18.5 Å². The maximum absolute atomic E-state index is 12.7. The molecule has 2 aliphatic rings. The Morgan fingerprint density at radius 2 is 1.78 bits per heavy atom. The van der Waals surface area contributed by atoms with Crippen molar-refractivity contribution in [2.24, 2.45) is 5.73 Å². The van der Waals surface area contributed by atoms with E-state index in [1.54, 1.807) is 12.1 Å². The Morgan fingerprint density at radius 1 is 1.09 bits per heavy atom. The van der Waals surface area contributed by atoms with E-state index in [4.69, 9.17) is 5.73 Å². The van der Waals surface area contributed by atoms with Crippen LogP contribution < -0.4 is 5.73 Å². The zero-order valence-corrected chi connectivity index (χ0v) is 13.5. The first kappa shape index (κ1) is 15.8. The van der Waals surface area contributed by atoms with Gasteiger partial charge in [0.25, 0.3) is 0 Å². The second kappa shape index (κ2) is 6.57. The zero-order valence-electron chi connectivity index (χ0n) is 13.5. The van der Waals surface area contributed by atoms with Crippen LogP contribution in [0, 0.1) is 0 Å². The Kier molecular flexibility index (Phi) is 4.51. The molecular formula is C19H24N2O2. The first-order valence-electron chi connectivity index (χ1n) is 8.48. The van der Waals surface area contributed by atoms with Crippen molar-refractivity contribution in [3.05, 3.63) is 47.5 Å². The van der Waals surface area contributed by atoms with Crippen LogP contribution in [0.2, 0.25) is 0 Å². The normalized spacial score (nSPS) is 19.2. The number of primary amides is 1. The molecule has 3 rings (SSSR count). The van der Waals surface area contributed by atoms with E-state index >= 15 is 0 Å². The summed E-state index contributed by atoms with van der Waals surface area (Å²) in [5, 5.41) is 0. The first-order valence-corrected chi connectivity index (χ1v) is 8.48. The van der Waals surface area contributed by atoms with Gasteiger partial charge in [-0.2, -0.15) is 0 Å². The minimum atomic E-state index is -0.421. The third-order valence-electron chi connectivity index (χ3n) is 5.14. The van der Waals surface area contributed by atoms with Gasteiger partial charge in [-0.1, -0.05) is 43.5 Å². The van der Waals surface area contributed by atoms with Crippen molar-refractivity contribution < 1.29 is 9.59 Å². The average molecular weight is 312 g/mol. The molecule has 4 heteroatoms. The Bertz CT molecular complexity index is 613. The summed E-state index contributed by atoms with van der Waals surface area (Å²) in [6, 6.07) is 7.21. The van der Waals surface area contributed by atoms with Gasteiger partial charge in [-0.3, -0.25) is 9.59 Å². The highest BCUT2D eigenvalue weighted by atomic mass is 16.2. The molecule has 1 aromatic carbocycles. The minimum absolute atomic E-state index is 0.00877. The van der Waals surface area contributed by atoms with Crippen LogP contribution in [0.5, 0.6) is 0 Å². The standard InChI is InChI=1S/C19H24N2O2/c20-18(23)16-8-5-15(6-9-16)7-10-17(22)21-14-4-13-19(21)11-2-1-3-12-19/h4-6,8-9,13H,1-3,7,10-12,14H2,(H2,20,23). The number of amides is 2. The van der Waals surface area contributed by atoms with Crippen molar-refractivity contribution >= 4 is 11.8 Å². The van der Waals surface area contributed by atoms with Crippen molar-refractivity contribution in [2.45, 2.75) is 50.5 Å². The number of hydrogen-bond acceptors (Lipinski definition) is 2. The van der Waals surface area contributed by atoms with Crippen LogP contribution in [0.4, 0.5) is 0 Å². The fraction of sp³-hybridized carbons (Fsp3) is 0.474. The number of nitrogens with zero attached hydrogens (tertiary/aromatic N) is 1. The molecule has 1 aliphatic carbocycles. The van der Waals surface area contributed by atoms with Crippen LogP contribution >= 0.6 is 0 Å². The molecule has 1 spiro atoms. The summed E-state index contributed by atoms with van der Waals surface area (Å²) in [7, 11) is 0. The molecule has 1 aromatic rings. The van der Waals surface area contributed by atoms with Gasteiger partial charge >= 0.3 is 0 Å². The summed E-state index contributed by atoms with van der Waals surface area (Å²) in [6.45, 7) is 0.749. The van der Waals surface area contributed by atoms with Gasteiger partial charge < -0.3 is 10.6 Å². The second-order valence-electron chi connectivity index (χ2n) is 6.63. The lowest BCUT2D eigenvalue weighted by molar-refractivity contribution is -0.135. The number of hydrogen-bond donors (Lipinski definition) is 1. The van der Waals surface area contributed by atoms with Gasteiger partial charge in [0.2, 0.25) is 11.8 Å². The maximum atomic E-state index is 12.7. The van der Waals surface area contributed by atoms with E-state index in [1.807, 2.05) is 12.1 Å². The summed E-state index contributed by atoms with van der Waals surface area (Å²) in [5.41, 5.74) is 6.80. The van der Waals surface area contributed by atoms with Crippen molar-refractivity contribution in [1.29, 1.82) is 0 Å². The molecule has 2 N–H and O–H groups in total. The highest BCUT2D eigenvalue weighted by Crippen LogP contribution is 2.38. The minimum Gasteiger partial charge on any atom is -0.366 e. The topological polar surface area (TPSA) is 63.4 Å². The number of rotatable bonds is 4. The summed E-state index contributed by atoms with van der Waals surface area (Å²) in [5.74, 6) is -0.189. The molecule has 1 fully saturated rings. The SMILES string of the molecule is NC(=O)c1ccc(CCC(=O)N2CC=CC23CCCCC3)cc1. The molecule has 1 aliphatic heterocycles. The Hall–Kier alpha value is -2.10. The molecule has 0 atom stereocenters. The fourth-order valence-electron chi connectivity index (χ4n) is 3.82. The molecule has 0 radical (unpaired) electrons. The molecule has 0 aromatic heterocycles. The molecule has 2 amide bonds. The number of benzene rings is 1. The van der Waals surface area contributed by atoms with Gasteiger partial charge in [0.15, 0.2) is 0 Å². The van der Waals surface area contributed by atoms with Crippen LogP contribution in [-0.4, -0.2) is 28.8 Å². The van der Waals surface area contributed by atoms with Crippen molar-refractivity contribution in [3.63, 3.8) is 0 Å². The van der Waals surface area contributed by atoms with E-state index in [9.17, 15) is 9.59 Å². The first-order chi connectivity index (χ1) is 11.1. The fourth-order valence-corrected chi connectivity index (χ4v) is 3.82. The molecule has 23 heavy (non-hydrogen) atoms. The number of nitrogens with two attached hydrogens (primary N) is 1. The van der Waals surface area contributed by atoms with Crippen molar-refractivity contribution in [3.8, 4) is 0 Å². The third-order valence-corrected chi connectivity index (χ3v) is 5.14. The third kappa shape index (κ3) is 3.31. The maximum Gasteiger partial charge on any atom is 0.248 e. The molecule has 122 valence electrons. The van der Waals surface area contributed by atoms with Crippen LogP contribution in [0.1, 0.15) is 54.4 Å². The van der Waals surface area contributed by atoms with Gasteiger partial charge in [0.1, 0.15) is 0 Å². The Labute approximate surface area is 137 Å². The van der Waals surface area contributed by atoms with Crippen molar-refractivity contribution in [1.82, 2.24) is 4.90 Å². The predicted molar refractivity (Wildman–Crippen MR) is 89.9 cm³/mol. The molecule has 1 saturated carbocycles. The number of aryl methyl sites for hydroxylation is 1. The summed E-state index contributed by atoms with van der Waals surface area (Å²) in [4.78, 5) is 25.8. The van der Waals surface area contributed by atoms with Gasteiger partial charge in [-0.15, -0.1) is 0 Å². The lowest BCUT2D eigenvalue weighted by atomic mass is 9.81. The monoisotopic (exact) mass is 312 g/mol. The lowest BCUT2D eigenvalue weighted by Gasteiger charge is -2.41. The number of carbonyl (C=O) groups is 2. The summed E-state index contributed by atoms with van der Waals surface area (Å²) >= 11 is 0. The van der Waals surface area contributed by atoms with Gasteiger partial charge in [0.05, 0.1) is 5.54 Å². The van der Waals surface area contributed by atoms with Crippen molar-refractivity contribution in [2.75, 3.05) is 6.54 Å². The van der Waals surface area contributed by atoms with E-state index in [2.05, 4.69) is 17.1 Å². The summed E-state index contributed by atoms with van der Waals surface area (Å²) in [6.07, 6.45) is 11.5. The predicted octanol–water partition coefficient (Wildman–Crippen LogP) is 2.82. The second-order valence-corrected chi connectivity index (χ2v) is 6.63. The molecule has 0 bridgehead atoms. The Balaban J connectivity index is 1.59. The van der Waals surface area contributed by atoms with E-state index in [0.29, 0.717) is 18.4 Å². The highest BCUT2D eigenvalue weighted by molar-refractivity contribution is 5.92. The van der Waals surface area contributed by atoms with E-state index in [1.165, 1.54) is 19.3 Å². The van der Waals surface area contributed by atoms with Crippen LogP contribution in [0.15, 0.2) is 36.4 Å². The molecule has 4 nitrogen and oxygen atoms in total. The number of carbonyl (C=O) groups excluding carboxylic acids is 2. The molecule has 1 heterocycles. The van der Waals surface area contributed by atoms with Crippen LogP contribution in [-0.2, 0) is 11.2 Å². The smallest absolute Gasteiger partial charge is 0.248 e. The van der Waals surface area contributed by atoms with Gasteiger partial charge in [-0.25, -0.2) is 0 Å². The summed E-state index contributed by atoms with van der Waals surface area (Å²) < 4.78 is 0. The van der Waals surface area contributed by atoms with Crippen LogP contribution in [0.25, 0.3) is 0 Å². The van der Waals surface area contributed by atoms with Gasteiger partial charge in [-0.05, 0) is 37.0 Å². The van der Waals surface area contributed by atoms with E-state index in [-0.39, 0.29) is 11.4 Å². The van der Waals surface area contributed by atoms with E-state index < -0.39 is 5.91 Å². The average Bonchev–Trinajstić information content (AvgIpc) is 2.96. The molecule has 0 unspecified atom stereocenters. The molecular weight excluding hydrogens is 288 g/mol.